The maximum Gasteiger partial charge on any atom is 0.324 e. The van der Waals surface area contributed by atoms with Gasteiger partial charge in [0.15, 0.2) is 0 Å². The van der Waals surface area contributed by atoms with Crippen molar-refractivity contribution in [2.75, 3.05) is 0 Å². The van der Waals surface area contributed by atoms with Gasteiger partial charge in [-0.3, -0.25) is 9.59 Å². The summed E-state index contributed by atoms with van der Waals surface area (Å²) < 4.78 is 0. The molecule has 0 aliphatic heterocycles. The fraction of sp³-hybridized carbons (Fsp3) is 0.273. The highest BCUT2D eigenvalue weighted by Crippen LogP contribution is 2.15. The number of carboxylic acid groups (broad SMARTS) is 2. The third-order valence-corrected chi connectivity index (χ3v) is 2.26. The topological polar surface area (TPSA) is 101 Å². The lowest BCUT2D eigenvalue weighted by molar-refractivity contribution is -0.149. The first-order valence-electron chi connectivity index (χ1n) is 4.72. The number of hydrogen-bond donors (Lipinski definition) is 3. The zero-order valence-corrected chi connectivity index (χ0v) is 8.59. The molecule has 0 aliphatic carbocycles. The quantitative estimate of drug-likeness (QED) is 0.674. The highest BCUT2D eigenvalue weighted by Gasteiger charge is 2.36. The minimum Gasteiger partial charge on any atom is -0.481 e. The van der Waals surface area contributed by atoms with Crippen molar-refractivity contribution >= 4 is 11.9 Å². The van der Waals surface area contributed by atoms with Gasteiger partial charge in [0.2, 0.25) is 0 Å². The lowest BCUT2D eigenvalue weighted by Gasteiger charge is -2.22. The van der Waals surface area contributed by atoms with Crippen LogP contribution in [0.25, 0.3) is 0 Å². The molecule has 1 aromatic carbocycles. The molecule has 0 saturated carbocycles. The van der Waals surface area contributed by atoms with Crippen molar-refractivity contribution < 1.29 is 19.8 Å². The summed E-state index contributed by atoms with van der Waals surface area (Å²) in [5.74, 6) is -2.53. The first-order chi connectivity index (χ1) is 7.44. The Kier molecular flexibility index (Phi) is 3.63. The molecule has 0 saturated heterocycles. The van der Waals surface area contributed by atoms with Crippen LogP contribution in [-0.4, -0.2) is 27.7 Å². The number of benzene rings is 1. The first kappa shape index (κ1) is 12.2. The zero-order chi connectivity index (χ0) is 12.2. The molecule has 1 aromatic rings. The zero-order valence-electron chi connectivity index (χ0n) is 8.59. The van der Waals surface area contributed by atoms with E-state index in [0.717, 1.165) is 0 Å². The number of carboxylic acids is 2. The lowest BCUT2D eigenvalue weighted by atomic mass is 9.89. The van der Waals surface area contributed by atoms with Crippen molar-refractivity contribution in [3.63, 3.8) is 0 Å². The fourth-order valence-electron chi connectivity index (χ4n) is 1.44. The minimum absolute atomic E-state index is 0.00449. The molecule has 5 nitrogen and oxygen atoms in total. The molecule has 0 heterocycles. The Balaban J connectivity index is 2.87. The van der Waals surface area contributed by atoms with Crippen molar-refractivity contribution in [1.29, 1.82) is 0 Å². The Bertz CT molecular complexity index is 390. The summed E-state index contributed by atoms with van der Waals surface area (Å²) in [4.78, 5) is 21.5. The second kappa shape index (κ2) is 4.76. The van der Waals surface area contributed by atoms with Crippen LogP contribution in [0.1, 0.15) is 12.0 Å². The van der Waals surface area contributed by atoms with Crippen molar-refractivity contribution in [2.45, 2.75) is 18.4 Å². The molecule has 0 aromatic heterocycles. The van der Waals surface area contributed by atoms with E-state index in [0.29, 0.717) is 5.56 Å². The van der Waals surface area contributed by atoms with Crippen molar-refractivity contribution in [2.24, 2.45) is 5.73 Å². The highest BCUT2D eigenvalue weighted by atomic mass is 16.4. The summed E-state index contributed by atoms with van der Waals surface area (Å²) >= 11 is 0. The van der Waals surface area contributed by atoms with Crippen LogP contribution in [0.2, 0.25) is 0 Å². The van der Waals surface area contributed by atoms with Crippen LogP contribution < -0.4 is 5.73 Å². The molecular weight excluding hydrogens is 210 g/mol. The molecule has 1 rings (SSSR count). The second-order valence-electron chi connectivity index (χ2n) is 3.69. The van der Waals surface area contributed by atoms with Crippen molar-refractivity contribution in [3.05, 3.63) is 35.9 Å². The average molecular weight is 223 g/mol. The molecule has 86 valence electrons. The largest absolute Gasteiger partial charge is 0.481 e. The van der Waals surface area contributed by atoms with Gasteiger partial charge in [0.25, 0.3) is 0 Å². The van der Waals surface area contributed by atoms with Gasteiger partial charge in [0, 0.05) is 6.42 Å². The van der Waals surface area contributed by atoms with E-state index in [1.165, 1.54) is 0 Å². The van der Waals surface area contributed by atoms with E-state index in [-0.39, 0.29) is 6.42 Å². The molecule has 16 heavy (non-hydrogen) atoms. The van der Waals surface area contributed by atoms with Gasteiger partial charge in [-0.25, -0.2) is 0 Å². The molecule has 0 radical (unpaired) electrons. The summed E-state index contributed by atoms with van der Waals surface area (Å²) in [6, 6.07) is 8.72. The Hall–Kier alpha value is -1.88. The van der Waals surface area contributed by atoms with Crippen molar-refractivity contribution in [1.82, 2.24) is 0 Å². The molecule has 1 atom stereocenters. The fourth-order valence-corrected chi connectivity index (χ4v) is 1.44. The molecule has 0 amide bonds. The SMILES string of the molecule is N[C@](CC(=O)O)(Cc1ccccc1)C(=O)O. The Labute approximate surface area is 92.5 Å². The monoisotopic (exact) mass is 223 g/mol. The van der Waals surface area contributed by atoms with Gasteiger partial charge in [-0.15, -0.1) is 0 Å². The van der Waals surface area contributed by atoms with Crippen LogP contribution >= 0.6 is 0 Å². The molecule has 0 aliphatic rings. The number of hydrogen-bond acceptors (Lipinski definition) is 3. The highest BCUT2D eigenvalue weighted by molar-refractivity contribution is 5.85. The summed E-state index contributed by atoms with van der Waals surface area (Å²) in [7, 11) is 0. The predicted octanol–water partition coefficient (Wildman–Crippen LogP) is 0.486. The number of carbonyl (C=O) groups is 2. The van der Waals surface area contributed by atoms with Gasteiger partial charge in [-0.2, -0.15) is 0 Å². The van der Waals surface area contributed by atoms with Gasteiger partial charge in [-0.05, 0) is 5.56 Å². The first-order valence-corrected chi connectivity index (χ1v) is 4.72. The summed E-state index contributed by atoms with van der Waals surface area (Å²) in [6.45, 7) is 0. The third-order valence-electron chi connectivity index (χ3n) is 2.26. The molecule has 5 heteroatoms. The van der Waals surface area contributed by atoms with Crippen LogP contribution in [0.15, 0.2) is 30.3 Å². The van der Waals surface area contributed by atoms with Gasteiger partial charge < -0.3 is 15.9 Å². The summed E-state index contributed by atoms with van der Waals surface area (Å²) in [5, 5.41) is 17.6. The smallest absolute Gasteiger partial charge is 0.324 e. The van der Waals surface area contributed by atoms with Gasteiger partial charge >= 0.3 is 11.9 Å². The van der Waals surface area contributed by atoms with E-state index in [1.807, 2.05) is 0 Å². The number of rotatable bonds is 5. The standard InChI is InChI=1S/C11H13NO4/c12-11(10(15)16,7-9(13)14)6-8-4-2-1-3-5-8/h1-5H,6-7,12H2,(H,13,14)(H,15,16)/t11-/m0/s1. The van der Waals surface area contributed by atoms with Crippen LogP contribution in [0, 0.1) is 0 Å². The van der Waals surface area contributed by atoms with E-state index in [4.69, 9.17) is 15.9 Å². The van der Waals surface area contributed by atoms with E-state index in [2.05, 4.69) is 0 Å². The molecule has 4 N–H and O–H groups in total. The van der Waals surface area contributed by atoms with Crippen LogP contribution in [0.5, 0.6) is 0 Å². The normalized spacial score (nSPS) is 14.1. The van der Waals surface area contributed by atoms with Crippen LogP contribution in [-0.2, 0) is 16.0 Å². The second-order valence-corrected chi connectivity index (χ2v) is 3.69. The maximum absolute atomic E-state index is 11.0. The van der Waals surface area contributed by atoms with E-state index < -0.39 is 23.9 Å². The lowest BCUT2D eigenvalue weighted by Crippen LogP contribution is -2.51. The Morgan fingerprint density at radius 2 is 1.75 bits per heavy atom. The van der Waals surface area contributed by atoms with Crippen LogP contribution in [0.3, 0.4) is 0 Å². The van der Waals surface area contributed by atoms with E-state index >= 15 is 0 Å². The molecule has 0 bridgehead atoms. The Morgan fingerprint density at radius 3 is 2.19 bits per heavy atom. The number of nitrogens with two attached hydrogens (primary N) is 1. The van der Waals surface area contributed by atoms with Gasteiger partial charge in [-0.1, -0.05) is 30.3 Å². The Morgan fingerprint density at radius 1 is 1.19 bits per heavy atom. The molecule has 0 spiro atoms. The maximum atomic E-state index is 11.0. The summed E-state index contributed by atoms with van der Waals surface area (Å²) in [5.41, 5.74) is 4.54. The minimum atomic E-state index is -1.76. The van der Waals surface area contributed by atoms with Crippen LogP contribution in [0.4, 0.5) is 0 Å². The van der Waals surface area contributed by atoms with Crippen molar-refractivity contribution in [3.8, 4) is 0 Å². The third kappa shape index (κ3) is 3.06. The molecule has 0 unspecified atom stereocenters. The molecule has 0 fully saturated rings. The number of aliphatic carboxylic acids is 2. The van der Waals surface area contributed by atoms with E-state index in [9.17, 15) is 9.59 Å². The summed E-state index contributed by atoms with van der Waals surface area (Å²) in [6.07, 6.45) is -0.604. The predicted molar refractivity (Wildman–Crippen MR) is 57.0 cm³/mol. The van der Waals surface area contributed by atoms with E-state index in [1.54, 1.807) is 30.3 Å². The van der Waals surface area contributed by atoms with Gasteiger partial charge in [0.1, 0.15) is 5.54 Å². The molecular formula is C11H13NO4. The van der Waals surface area contributed by atoms with Gasteiger partial charge in [0.05, 0.1) is 6.42 Å². The average Bonchev–Trinajstić information content (AvgIpc) is 2.17.